The van der Waals surface area contributed by atoms with Crippen molar-refractivity contribution in [3.05, 3.63) is 68.8 Å². The Bertz CT molecular complexity index is 1160. The molecule has 11 heteroatoms. The fourth-order valence-corrected chi connectivity index (χ4v) is 4.21. The molecule has 162 valence electrons. The molecule has 1 N–H and O–H groups in total. The number of carbonyl (C=O) groups is 1. The van der Waals surface area contributed by atoms with Gasteiger partial charge in [-0.05, 0) is 24.3 Å². The molecule has 0 radical (unpaired) electrons. The van der Waals surface area contributed by atoms with E-state index in [1.807, 2.05) is 0 Å². The molecule has 0 aliphatic rings. The zero-order chi connectivity index (χ0) is 22.6. The molecule has 0 aliphatic carbocycles. The normalized spacial score (nSPS) is 11.9. The number of amides is 1. The Labute approximate surface area is 194 Å². The molecule has 0 unspecified atom stereocenters. The first-order valence-electron chi connectivity index (χ1n) is 8.71. The minimum absolute atomic E-state index is 0.0971. The van der Waals surface area contributed by atoms with Gasteiger partial charge in [-0.25, -0.2) is 5.43 Å². The predicted octanol–water partition coefficient (Wildman–Crippen LogP) is 6.85. The van der Waals surface area contributed by atoms with Crippen LogP contribution < -0.4 is 5.43 Å². The number of nitrogens with one attached hydrogen (secondary N) is 1. The van der Waals surface area contributed by atoms with Crippen molar-refractivity contribution < 1.29 is 18.0 Å². The van der Waals surface area contributed by atoms with E-state index in [0.29, 0.717) is 36.7 Å². The van der Waals surface area contributed by atoms with Gasteiger partial charge in [-0.2, -0.15) is 18.3 Å². The van der Waals surface area contributed by atoms with Crippen LogP contribution in [0, 0.1) is 0 Å². The number of rotatable bonds is 6. The van der Waals surface area contributed by atoms with E-state index in [-0.39, 0.29) is 17.8 Å². The number of pyridine rings is 1. The average Bonchev–Trinajstić information content (AvgIpc) is 2.71. The van der Waals surface area contributed by atoms with Crippen LogP contribution in [-0.4, -0.2) is 22.9 Å². The first kappa shape index (κ1) is 23.7. The molecule has 1 aromatic heterocycles. The second kappa shape index (κ2) is 10.1. The van der Waals surface area contributed by atoms with Gasteiger partial charge >= 0.3 is 6.18 Å². The van der Waals surface area contributed by atoms with Crippen LogP contribution in [0.15, 0.2) is 52.6 Å². The lowest BCUT2D eigenvalue weighted by Crippen LogP contribution is -2.17. The van der Waals surface area contributed by atoms with Crippen LogP contribution in [0.1, 0.15) is 17.5 Å². The molecule has 2 aromatic carbocycles. The summed E-state index contributed by atoms with van der Waals surface area (Å²) in [6.07, 6.45) is -1.74. The molecule has 0 saturated carbocycles. The van der Waals surface area contributed by atoms with Gasteiger partial charge in [0.2, 0.25) is 5.91 Å². The predicted molar refractivity (Wildman–Crippen MR) is 119 cm³/mol. The number of hydrogen-bond acceptors (Lipinski definition) is 4. The summed E-state index contributed by atoms with van der Waals surface area (Å²) < 4.78 is 39.5. The van der Waals surface area contributed by atoms with E-state index >= 15 is 0 Å². The highest BCUT2D eigenvalue weighted by molar-refractivity contribution is 7.99. The lowest BCUT2D eigenvalue weighted by atomic mass is 10.1. The number of para-hydroxylation sites is 1. The van der Waals surface area contributed by atoms with Crippen LogP contribution in [0.3, 0.4) is 0 Å². The summed E-state index contributed by atoms with van der Waals surface area (Å²) in [5.41, 5.74) is 1.94. The van der Waals surface area contributed by atoms with Crippen LogP contribution in [-0.2, 0) is 11.0 Å². The second-order valence-electron chi connectivity index (χ2n) is 6.19. The maximum absolute atomic E-state index is 13.2. The smallest absolute Gasteiger partial charge is 0.273 e. The van der Waals surface area contributed by atoms with Gasteiger partial charge in [0.25, 0.3) is 0 Å². The third kappa shape index (κ3) is 6.04. The van der Waals surface area contributed by atoms with Gasteiger partial charge in [0.05, 0.1) is 32.4 Å². The highest BCUT2D eigenvalue weighted by Crippen LogP contribution is 2.36. The van der Waals surface area contributed by atoms with Crippen LogP contribution in [0.25, 0.3) is 10.9 Å². The summed E-state index contributed by atoms with van der Waals surface area (Å²) in [4.78, 5) is 16.5. The van der Waals surface area contributed by atoms with Gasteiger partial charge in [0.1, 0.15) is 0 Å². The van der Waals surface area contributed by atoms with Crippen LogP contribution in [0.2, 0.25) is 15.1 Å². The van der Waals surface area contributed by atoms with Gasteiger partial charge in [0.15, 0.2) is 0 Å². The number of nitrogens with zero attached hydrogens (tertiary/aromatic N) is 2. The summed E-state index contributed by atoms with van der Waals surface area (Å²) >= 11 is 19.1. The first-order valence-corrected chi connectivity index (χ1v) is 10.8. The lowest BCUT2D eigenvalue weighted by molar-refractivity contribution is -0.136. The number of hydrazone groups is 1. The van der Waals surface area contributed by atoms with Crippen molar-refractivity contribution in [2.24, 2.45) is 5.10 Å². The van der Waals surface area contributed by atoms with Gasteiger partial charge in [0, 0.05) is 34.2 Å². The number of fused-ring (bicyclic) bond motifs is 1. The Balaban J connectivity index is 1.60. The Hall–Kier alpha value is -2.00. The third-order valence-corrected chi connectivity index (χ3v) is 6.18. The Kier molecular flexibility index (Phi) is 7.69. The lowest BCUT2D eigenvalue weighted by Gasteiger charge is -2.11. The molecule has 31 heavy (non-hydrogen) atoms. The number of benzene rings is 2. The minimum atomic E-state index is -4.50. The van der Waals surface area contributed by atoms with Crippen molar-refractivity contribution in [1.82, 2.24) is 10.4 Å². The van der Waals surface area contributed by atoms with E-state index in [1.54, 1.807) is 12.1 Å². The second-order valence-corrected chi connectivity index (χ2v) is 8.55. The molecule has 0 bridgehead atoms. The van der Waals surface area contributed by atoms with Crippen molar-refractivity contribution in [2.45, 2.75) is 17.5 Å². The van der Waals surface area contributed by atoms with Crippen molar-refractivity contribution in [3.8, 4) is 0 Å². The van der Waals surface area contributed by atoms with Crippen molar-refractivity contribution in [1.29, 1.82) is 0 Å². The Morgan fingerprint density at radius 1 is 1.13 bits per heavy atom. The molecular formula is C20H13Cl3F3N3OS. The molecule has 0 atom stereocenters. The molecule has 4 nitrogen and oxygen atoms in total. The van der Waals surface area contributed by atoms with E-state index in [1.165, 1.54) is 42.4 Å². The maximum Gasteiger partial charge on any atom is 0.418 e. The largest absolute Gasteiger partial charge is 0.418 e. The van der Waals surface area contributed by atoms with Crippen LogP contribution in [0.4, 0.5) is 13.2 Å². The molecule has 3 aromatic rings. The fourth-order valence-electron chi connectivity index (χ4n) is 2.63. The van der Waals surface area contributed by atoms with Crippen molar-refractivity contribution >= 4 is 69.6 Å². The quantitative estimate of drug-likeness (QED) is 0.172. The molecule has 0 aliphatic heterocycles. The van der Waals surface area contributed by atoms with E-state index < -0.39 is 11.7 Å². The molecule has 3 rings (SSSR count). The first-order chi connectivity index (χ1) is 14.7. The zero-order valence-electron chi connectivity index (χ0n) is 15.5. The summed E-state index contributed by atoms with van der Waals surface area (Å²) in [5.74, 6) is -0.0289. The Morgan fingerprint density at radius 2 is 1.87 bits per heavy atom. The molecule has 1 amide bonds. The molecule has 0 saturated heterocycles. The SMILES string of the molecule is O=C(CCSc1ccnc2c(C(F)(F)F)cccc12)N/N=C/c1cc(Cl)c(Cl)cc1Cl. The maximum atomic E-state index is 13.2. The van der Waals surface area contributed by atoms with E-state index in [9.17, 15) is 18.0 Å². The standard InChI is InChI=1S/C20H13Cl3F3N3OS/c21-14-9-16(23)15(22)8-11(14)10-28-29-18(30)5-7-31-17-4-6-27-19-12(17)2-1-3-13(19)20(24,25)26/h1-4,6,8-10H,5,7H2,(H,29,30)/b28-10+. The van der Waals surface area contributed by atoms with Gasteiger partial charge in [-0.3, -0.25) is 9.78 Å². The number of thioether (sulfide) groups is 1. The van der Waals surface area contributed by atoms with E-state index in [0.717, 1.165) is 6.07 Å². The summed E-state index contributed by atoms with van der Waals surface area (Å²) in [6, 6.07) is 8.51. The highest BCUT2D eigenvalue weighted by Gasteiger charge is 2.33. The van der Waals surface area contributed by atoms with Crippen LogP contribution >= 0.6 is 46.6 Å². The monoisotopic (exact) mass is 505 g/mol. The number of halogens is 6. The van der Waals surface area contributed by atoms with E-state index in [4.69, 9.17) is 34.8 Å². The minimum Gasteiger partial charge on any atom is -0.273 e. The topological polar surface area (TPSA) is 54.4 Å². The fraction of sp³-hybridized carbons (Fsp3) is 0.150. The third-order valence-electron chi connectivity index (χ3n) is 4.06. The molecule has 0 spiro atoms. The van der Waals surface area contributed by atoms with Crippen molar-refractivity contribution in [3.63, 3.8) is 0 Å². The summed E-state index contributed by atoms with van der Waals surface area (Å²) in [7, 11) is 0. The van der Waals surface area contributed by atoms with Crippen molar-refractivity contribution in [2.75, 3.05) is 5.75 Å². The van der Waals surface area contributed by atoms with Gasteiger partial charge in [-0.1, -0.05) is 46.9 Å². The highest BCUT2D eigenvalue weighted by atomic mass is 35.5. The molecule has 1 heterocycles. The van der Waals surface area contributed by atoms with Crippen LogP contribution in [0.5, 0.6) is 0 Å². The number of hydrogen-bond donors (Lipinski definition) is 1. The van der Waals surface area contributed by atoms with E-state index in [2.05, 4.69) is 15.5 Å². The number of alkyl halides is 3. The molecular weight excluding hydrogens is 494 g/mol. The van der Waals surface area contributed by atoms with Gasteiger partial charge in [-0.15, -0.1) is 11.8 Å². The average molecular weight is 507 g/mol. The zero-order valence-corrected chi connectivity index (χ0v) is 18.6. The number of aromatic nitrogens is 1. The Morgan fingerprint density at radius 3 is 2.61 bits per heavy atom. The summed E-state index contributed by atoms with van der Waals surface area (Å²) in [6.45, 7) is 0. The molecule has 0 fully saturated rings. The van der Waals surface area contributed by atoms with Gasteiger partial charge < -0.3 is 0 Å². The number of carbonyl (C=O) groups excluding carboxylic acids is 1. The summed E-state index contributed by atoms with van der Waals surface area (Å²) in [5, 5.41) is 5.14.